The van der Waals surface area contributed by atoms with Gasteiger partial charge in [0.2, 0.25) is 0 Å². The number of nitrogens with two attached hydrogens (primary N) is 1. The van der Waals surface area contributed by atoms with Gasteiger partial charge < -0.3 is 5.73 Å². The fourth-order valence-electron chi connectivity index (χ4n) is 1.13. The number of hydrogen-bond donors (Lipinski definition) is 1. The van der Waals surface area contributed by atoms with Gasteiger partial charge >= 0.3 is 6.18 Å². The molecule has 0 atom stereocenters. The molecular weight excluding hydrogens is 303 g/mol. The molecule has 0 spiro atoms. The Balaban J connectivity index is 2.48. The van der Waals surface area contributed by atoms with Crippen molar-refractivity contribution in [2.24, 2.45) is 0 Å². The topological polar surface area (TPSA) is 69.6 Å². The van der Waals surface area contributed by atoms with Crippen LogP contribution in [0.4, 0.5) is 19.0 Å². The maximum Gasteiger partial charge on any atom is 0.435 e. The van der Waals surface area contributed by atoms with Crippen molar-refractivity contribution in [1.82, 2.24) is 19.7 Å². The molecule has 0 bridgehead atoms. The molecule has 5 nitrogen and oxygen atoms in total. The van der Waals surface area contributed by atoms with Crippen LogP contribution in [0.2, 0.25) is 0 Å². The van der Waals surface area contributed by atoms with Gasteiger partial charge in [-0.25, -0.2) is 14.6 Å². The van der Waals surface area contributed by atoms with Crippen molar-refractivity contribution >= 4 is 21.7 Å². The van der Waals surface area contributed by atoms with Crippen molar-refractivity contribution in [3.63, 3.8) is 0 Å². The number of aromatic nitrogens is 4. The Morgan fingerprint density at radius 3 is 2.59 bits per heavy atom. The van der Waals surface area contributed by atoms with E-state index < -0.39 is 11.9 Å². The molecule has 0 saturated carbocycles. The maximum absolute atomic E-state index is 12.4. The Kier molecular flexibility index (Phi) is 2.77. The third-order valence-electron chi connectivity index (χ3n) is 1.89. The van der Waals surface area contributed by atoms with Gasteiger partial charge in [-0.15, -0.1) is 0 Å². The monoisotopic (exact) mass is 307 g/mol. The molecular formula is C8H5BrF3N5. The second-order valence-electron chi connectivity index (χ2n) is 3.04. The van der Waals surface area contributed by atoms with E-state index in [0.717, 1.165) is 23.3 Å². The lowest BCUT2D eigenvalue weighted by Gasteiger charge is -2.05. The van der Waals surface area contributed by atoms with E-state index in [0.29, 0.717) is 0 Å². The maximum atomic E-state index is 12.4. The second kappa shape index (κ2) is 3.99. The molecule has 90 valence electrons. The van der Waals surface area contributed by atoms with Gasteiger partial charge in [0.1, 0.15) is 16.6 Å². The normalized spacial score (nSPS) is 11.8. The summed E-state index contributed by atoms with van der Waals surface area (Å²) in [4.78, 5) is 7.48. The van der Waals surface area contributed by atoms with Gasteiger partial charge in [-0.3, -0.25) is 0 Å². The van der Waals surface area contributed by atoms with Gasteiger partial charge in [-0.2, -0.15) is 18.3 Å². The zero-order valence-electron chi connectivity index (χ0n) is 8.11. The molecule has 0 aliphatic rings. The van der Waals surface area contributed by atoms with Crippen LogP contribution in [0.3, 0.4) is 0 Å². The van der Waals surface area contributed by atoms with Crippen molar-refractivity contribution in [3.8, 4) is 5.82 Å². The minimum absolute atomic E-state index is 0.124. The van der Waals surface area contributed by atoms with Crippen molar-refractivity contribution in [3.05, 3.63) is 28.8 Å². The van der Waals surface area contributed by atoms with Crippen molar-refractivity contribution in [1.29, 1.82) is 0 Å². The molecule has 2 N–H and O–H groups in total. The molecule has 0 amide bonds. The molecule has 0 unspecified atom stereocenters. The van der Waals surface area contributed by atoms with Crippen LogP contribution in [0.5, 0.6) is 0 Å². The molecule has 2 aromatic heterocycles. The Labute approximate surface area is 102 Å². The van der Waals surface area contributed by atoms with Gasteiger partial charge in [0.15, 0.2) is 11.5 Å². The molecule has 0 aromatic carbocycles. The minimum atomic E-state index is -4.49. The van der Waals surface area contributed by atoms with E-state index in [4.69, 9.17) is 5.73 Å². The molecule has 2 aromatic rings. The van der Waals surface area contributed by atoms with E-state index >= 15 is 0 Å². The number of hydrogen-bond acceptors (Lipinski definition) is 4. The first-order valence-electron chi connectivity index (χ1n) is 4.29. The van der Waals surface area contributed by atoms with E-state index in [2.05, 4.69) is 31.0 Å². The van der Waals surface area contributed by atoms with Gasteiger partial charge in [0.25, 0.3) is 0 Å². The molecule has 0 radical (unpaired) electrons. The highest BCUT2D eigenvalue weighted by atomic mass is 79.9. The summed E-state index contributed by atoms with van der Waals surface area (Å²) in [5, 5.41) is 3.37. The average Bonchev–Trinajstić information content (AvgIpc) is 2.70. The first kappa shape index (κ1) is 11.8. The Hall–Kier alpha value is -1.64. The standard InChI is InChI=1S/C8H5BrF3N5/c9-5-6(13)14-3-15-7(5)17-2-1-4(16-17)8(10,11)12/h1-3H,(H2,13,14,15). The number of rotatable bonds is 1. The number of anilines is 1. The minimum Gasteiger partial charge on any atom is -0.383 e. The number of nitrogen functional groups attached to an aromatic ring is 1. The van der Waals surface area contributed by atoms with E-state index in [1.807, 2.05) is 0 Å². The molecule has 0 fully saturated rings. The summed E-state index contributed by atoms with van der Waals surface area (Å²) < 4.78 is 38.3. The molecule has 0 aliphatic heterocycles. The van der Waals surface area contributed by atoms with Crippen LogP contribution in [0.1, 0.15) is 5.69 Å². The first-order valence-corrected chi connectivity index (χ1v) is 5.08. The van der Waals surface area contributed by atoms with Gasteiger partial charge in [-0.05, 0) is 22.0 Å². The smallest absolute Gasteiger partial charge is 0.383 e. The number of nitrogens with zero attached hydrogens (tertiary/aromatic N) is 4. The SMILES string of the molecule is Nc1ncnc(-n2ccc(C(F)(F)F)n2)c1Br. The summed E-state index contributed by atoms with van der Waals surface area (Å²) in [6.07, 6.45) is -2.20. The number of alkyl halides is 3. The van der Waals surface area contributed by atoms with Crippen LogP contribution in [0.15, 0.2) is 23.1 Å². The van der Waals surface area contributed by atoms with Gasteiger partial charge in [0, 0.05) is 6.20 Å². The lowest BCUT2D eigenvalue weighted by molar-refractivity contribution is -0.141. The van der Waals surface area contributed by atoms with Crippen LogP contribution in [-0.4, -0.2) is 19.7 Å². The Morgan fingerprint density at radius 1 is 1.29 bits per heavy atom. The van der Waals surface area contributed by atoms with Crippen molar-refractivity contribution < 1.29 is 13.2 Å². The summed E-state index contributed by atoms with van der Waals surface area (Å²) >= 11 is 3.08. The zero-order chi connectivity index (χ0) is 12.6. The second-order valence-corrected chi connectivity index (χ2v) is 3.83. The molecule has 2 heterocycles. The third kappa shape index (κ3) is 2.23. The molecule has 9 heteroatoms. The predicted molar refractivity (Wildman–Crippen MR) is 56.3 cm³/mol. The molecule has 17 heavy (non-hydrogen) atoms. The average molecular weight is 308 g/mol. The van der Waals surface area contributed by atoms with Crippen LogP contribution in [0, 0.1) is 0 Å². The lowest BCUT2D eigenvalue weighted by Crippen LogP contribution is -2.08. The van der Waals surface area contributed by atoms with Crippen LogP contribution < -0.4 is 5.73 Å². The highest BCUT2D eigenvalue weighted by Gasteiger charge is 2.33. The van der Waals surface area contributed by atoms with E-state index in [9.17, 15) is 13.2 Å². The van der Waals surface area contributed by atoms with Crippen molar-refractivity contribution in [2.45, 2.75) is 6.18 Å². The Morgan fingerprint density at radius 2 is 2.00 bits per heavy atom. The van der Waals surface area contributed by atoms with Crippen LogP contribution >= 0.6 is 15.9 Å². The van der Waals surface area contributed by atoms with Crippen LogP contribution in [0.25, 0.3) is 5.82 Å². The largest absolute Gasteiger partial charge is 0.435 e. The fraction of sp³-hybridized carbons (Fsp3) is 0.125. The lowest BCUT2D eigenvalue weighted by atomic mass is 10.4. The summed E-state index contributed by atoms with van der Waals surface area (Å²) in [7, 11) is 0. The highest BCUT2D eigenvalue weighted by molar-refractivity contribution is 9.10. The molecule has 0 aliphatic carbocycles. The van der Waals surface area contributed by atoms with Crippen LogP contribution in [-0.2, 0) is 6.18 Å². The summed E-state index contributed by atoms with van der Waals surface area (Å²) in [6.45, 7) is 0. The molecule has 2 rings (SSSR count). The molecule has 0 saturated heterocycles. The first-order chi connectivity index (χ1) is 7.89. The van der Waals surface area contributed by atoms with E-state index in [1.54, 1.807) is 0 Å². The van der Waals surface area contributed by atoms with E-state index in [-0.39, 0.29) is 16.1 Å². The Bertz CT molecular complexity index is 550. The van der Waals surface area contributed by atoms with Gasteiger partial charge in [0.05, 0.1) is 0 Å². The highest BCUT2D eigenvalue weighted by Crippen LogP contribution is 2.29. The third-order valence-corrected chi connectivity index (χ3v) is 2.66. The van der Waals surface area contributed by atoms with E-state index in [1.165, 1.54) is 0 Å². The predicted octanol–water partition coefficient (Wildman–Crippen LogP) is 2.03. The summed E-state index contributed by atoms with van der Waals surface area (Å²) in [5.41, 5.74) is 4.49. The summed E-state index contributed by atoms with van der Waals surface area (Å²) in [5.74, 6) is 0.270. The van der Waals surface area contributed by atoms with Crippen molar-refractivity contribution in [2.75, 3.05) is 5.73 Å². The summed E-state index contributed by atoms with van der Waals surface area (Å²) in [6, 6.07) is 0.852. The zero-order valence-corrected chi connectivity index (χ0v) is 9.70. The van der Waals surface area contributed by atoms with Gasteiger partial charge in [-0.1, -0.05) is 0 Å². The fourth-order valence-corrected chi connectivity index (χ4v) is 1.51. The quantitative estimate of drug-likeness (QED) is 0.875. The number of halogens is 4.